The molecule has 1 aromatic heterocycles. The molecule has 0 saturated carbocycles. The second kappa shape index (κ2) is 5.01. The standard InChI is InChI=1S/C16H14FN3O/c1-10-2-3-12(17)6-11(10)8-20-9-19-15-5-4-13(18)7-14(15)16(20)21/h2-7,9H,8,18H2,1H3. The number of aryl methyl sites for hydroxylation is 1. The normalized spacial score (nSPS) is 11.0. The Morgan fingerprint density at radius 1 is 1.24 bits per heavy atom. The topological polar surface area (TPSA) is 60.9 Å². The number of aromatic nitrogens is 2. The third-order valence-corrected chi connectivity index (χ3v) is 3.50. The van der Waals surface area contributed by atoms with Crippen LogP contribution in [0.5, 0.6) is 0 Å². The van der Waals surface area contributed by atoms with E-state index in [1.807, 2.05) is 6.92 Å². The number of anilines is 1. The summed E-state index contributed by atoms with van der Waals surface area (Å²) in [6.07, 6.45) is 1.48. The lowest BCUT2D eigenvalue weighted by Crippen LogP contribution is -2.21. The molecule has 0 aliphatic carbocycles. The molecule has 0 unspecified atom stereocenters. The molecule has 0 spiro atoms. The van der Waals surface area contributed by atoms with Crippen molar-refractivity contribution >= 4 is 16.6 Å². The van der Waals surface area contributed by atoms with E-state index < -0.39 is 0 Å². The van der Waals surface area contributed by atoms with E-state index in [0.29, 0.717) is 16.6 Å². The Bertz CT molecular complexity index is 886. The molecule has 0 aliphatic rings. The third kappa shape index (κ3) is 2.50. The molecular formula is C16H14FN3O. The summed E-state index contributed by atoms with van der Waals surface area (Å²) in [6, 6.07) is 9.56. The summed E-state index contributed by atoms with van der Waals surface area (Å²) in [6.45, 7) is 2.16. The average molecular weight is 283 g/mol. The molecule has 0 bridgehead atoms. The molecule has 3 aromatic rings. The van der Waals surface area contributed by atoms with E-state index in [-0.39, 0.29) is 17.9 Å². The first-order valence-electron chi connectivity index (χ1n) is 6.54. The van der Waals surface area contributed by atoms with Gasteiger partial charge in [0.25, 0.3) is 5.56 Å². The Balaban J connectivity index is 2.11. The van der Waals surface area contributed by atoms with Gasteiger partial charge in [0, 0.05) is 5.69 Å². The molecule has 0 fully saturated rings. The van der Waals surface area contributed by atoms with Crippen molar-refractivity contribution in [3.63, 3.8) is 0 Å². The number of nitrogens with two attached hydrogens (primary N) is 1. The van der Waals surface area contributed by atoms with Gasteiger partial charge in [-0.2, -0.15) is 0 Å². The molecule has 0 atom stereocenters. The Labute approximate surface area is 120 Å². The third-order valence-electron chi connectivity index (χ3n) is 3.50. The van der Waals surface area contributed by atoms with Crippen molar-refractivity contribution in [2.75, 3.05) is 5.73 Å². The maximum Gasteiger partial charge on any atom is 0.261 e. The predicted octanol–water partition coefficient (Wildman–Crippen LogP) is 2.47. The Morgan fingerprint density at radius 3 is 2.86 bits per heavy atom. The van der Waals surface area contributed by atoms with Crippen LogP contribution in [0.1, 0.15) is 11.1 Å². The fourth-order valence-electron chi connectivity index (χ4n) is 2.28. The second-order valence-corrected chi connectivity index (χ2v) is 5.03. The zero-order valence-corrected chi connectivity index (χ0v) is 11.5. The van der Waals surface area contributed by atoms with Crippen LogP contribution < -0.4 is 11.3 Å². The zero-order chi connectivity index (χ0) is 15.0. The van der Waals surface area contributed by atoms with Gasteiger partial charge < -0.3 is 5.73 Å². The van der Waals surface area contributed by atoms with E-state index in [1.165, 1.54) is 23.0 Å². The largest absolute Gasteiger partial charge is 0.399 e. The Morgan fingerprint density at radius 2 is 2.05 bits per heavy atom. The smallest absolute Gasteiger partial charge is 0.261 e. The number of nitrogens with zero attached hydrogens (tertiary/aromatic N) is 2. The highest BCUT2D eigenvalue weighted by Gasteiger charge is 2.07. The summed E-state index contributed by atoms with van der Waals surface area (Å²) in [7, 11) is 0. The highest BCUT2D eigenvalue weighted by molar-refractivity contribution is 5.80. The van der Waals surface area contributed by atoms with Crippen molar-refractivity contribution in [3.05, 3.63) is 70.0 Å². The molecule has 5 heteroatoms. The SMILES string of the molecule is Cc1ccc(F)cc1Cn1cnc2ccc(N)cc2c1=O. The molecule has 0 amide bonds. The summed E-state index contributed by atoms with van der Waals surface area (Å²) in [4.78, 5) is 16.7. The summed E-state index contributed by atoms with van der Waals surface area (Å²) in [5, 5.41) is 0.464. The monoisotopic (exact) mass is 283 g/mol. The zero-order valence-electron chi connectivity index (χ0n) is 11.5. The molecule has 0 aliphatic heterocycles. The number of halogens is 1. The van der Waals surface area contributed by atoms with Crippen LogP contribution in [0.4, 0.5) is 10.1 Å². The van der Waals surface area contributed by atoms with E-state index in [0.717, 1.165) is 11.1 Å². The molecule has 4 nitrogen and oxygen atoms in total. The number of nitrogen functional groups attached to an aromatic ring is 1. The first-order valence-corrected chi connectivity index (χ1v) is 6.54. The lowest BCUT2D eigenvalue weighted by atomic mass is 10.1. The minimum Gasteiger partial charge on any atom is -0.399 e. The summed E-state index contributed by atoms with van der Waals surface area (Å²) in [5.74, 6) is -0.318. The lowest BCUT2D eigenvalue weighted by Gasteiger charge is -2.09. The van der Waals surface area contributed by atoms with Gasteiger partial charge in [-0.05, 0) is 48.4 Å². The van der Waals surface area contributed by atoms with E-state index in [1.54, 1.807) is 24.3 Å². The summed E-state index contributed by atoms with van der Waals surface area (Å²) >= 11 is 0. The van der Waals surface area contributed by atoms with Crippen LogP contribution in [-0.4, -0.2) is 9.55 Å². The number of fused-ring (bicyclic) bond motifs is 1. The van der Waals surface area contributed by atoms with Gasteiger partial charge in [-0.25, -0.2) is 9.37 Å². The number of hydrogen-bond acceptors (Lipinski definition) is 3. The van der Waals surface area contributed by atoms with Gasteiger partial charge in [0.2, 0.25) is 0 Å². The second-order valence-electron chi connectivity index (χ2n) is 5.03. The van der Waals surface area contributed by atoms with E-state index in [9.17, 15) is 9.18 Å². The maximum absolute atomic E-state index is 13.3. The molecule has 21 heavy (non-hydrogen) atoms. The minimum atomic E-state index is -0.318. The van der Waals surface area contributed by atoms with Crippen LogP contribution in [0.25, 0.3) is 10.9 Å². The first kappa shape index (κ1) is 13.3. The Kier molecular flexibility index (Phi) is 3.17. The molecule has 2 aromatic carbocycles. The number of rotatable bonds is 2. The highest BCUT2D eigenvalue weighted by Crippen LogP contribution is 2.14. The van der Waals surface area contributed by atoms with E-state index in [4.69, 9.17) is 5.73 Å². The first-order chi connectivity index (χ1) is 10.0. The fourth-order valence-corrected chi connectivity index (χ4v) is 2.28. The molecule has 3 rings (SSSR count). The van der Waals surface area contributed by atoms with Gasteiger partial charge in [0.15, 0.2) is 0 Å². The van der Waals surface area contributed by atoms with Gasteiger partial charge in [0.1, 0.15) is 5.82 Å². The molecule has 0 radical (unpaired) electrons. The Hall–Kier alpha value is -2.69. The van der Waals surface area contributed by atoms with Crippen LogP contribution in [0, 0.1) is 12.7 Å². The fraction of sp³-hybridized carbons (Fsp3) is 0.125. The van der Waals surface area contributed by atoms with Crippen LogP contribution in [0.2, 0.25) is 0 Å². The van der Waals surface area contributed by atoms with Gasteiger partial charge in [0.05, 0.1) is 23.8 Å². The van der Waals surface area contributed by atoms with Crippen molar-refractivity contribution in [1.29, 1.82) is 0 Å². The molecule has 106 valence electrons. The molecular weight excluding hydrogens is 269 g/mol. The van der Waals surface area contributed by atoms with Crippen molar-refractivity contribution < 1.29 is 4.39 Å². The van der Waals surface area contributed by atoms with Gasteiger partial charge in [-0.3, -0.25) is 9.36 Å². The van der Waals surface area contributed by atoms with Crippen LogP contribution >= 0.6 is 0 Å². The average Bonchev–Trinajstić information content (AvgIpc) is 2.46. The number of benzene rings is 2. The van der Waals surface area contributed by atoms with Gasteiger partial charge in [-0.15, -0.1) is 0 Å². The minimum absolute atomic E-state index is 0.184. The number of hydrogen-bond donors (Lipinski definition) is 1. The van der Waals surface area contributed by atoms with Gasteiger partial charge >= 0.3 is 0 Å². The van der Waals surface area contributed by atoms with E-state index >= 15 is 0 Å². The maximum atomic E-state index is 13.3. The van der Waals surface area contributed by atoms with Crippen molar-refractivity contribution in [1.82, 2.24) is 9.55 Å². The van der Waals surface area contributed by atoms with Crippen LogP contribution in [0.3, 0.4) is 0 Å². The predicted molar refractivity (Wildman–Crippen MR) is 80.7 cm³/mol. The lowest BCUT2D eigenvalue weighted by molar-refractivity contribution is 0.621. The summed E-state index contributed by atoms with van der Waals surface area (Å²) in [5.41, 5.74) is 8.32. The summed E-state index contributed by atoms with van der Waals surface area (Å²) < 4.78 is 14.8. The van der Waals surface area contributed by atoms with Crippen LogP contribution in [0.15, 0.2) is 47.5 Å². The highest BCUT2D eigenvalue weighted by atomic mass is 19.1. The van der Waals surface area contributed by atoms with E-state index in [2.05, 4.69) is 4.98 Å². The molecule has 1 heterocycles. The van der Waals surface area contributed by atoms with Crippen molar-refractivity contribution in [2.24, 2.45) is 0 Å². The van der Waals surface area contributed by atoms with Gasteiger partial charge in [-0.1, -0.05) is 6.07 Å². The van der Waals surface area contributed by atoms with Crippen molar-refractivity contribution in [3.8, 4) is 0 Å². The molecule has 0 saturated heterocycles. The van der Waals surface area contributed by atoms with Crippen LogP contribution in [-0.2, 0) is 6.54 Å². The van der Waals surface area contributed by atoms with Crippen molar-refractivity contribution in [2.45, 2.75) is 13.5 Å². The quantitative estimate of drug-likeness (QED) is 0.735. The molecule has 2 N–H and O–H groups in total.